The average molecular weight is 204 g/mol. The van der Waals surface area contributed by atoms with Crippen molar-refractivity contribution < 1.29 is 0 Å². The molecule has 0 aromatic carbocycles. The highest BCUT2D eigenvalue weighted by Crippen LogP contribution is 2.13. The minimum Gasteiger partial charge on any atom is -0.378 e. The Hall–Kier alpha value is -1.71. The van der Waals surface area contributed by atoms with Gasteiger partial charge in [-0.25, -0.2) is 0 Å². The summed E-state index contributed by atoms with van der Waals surface area (Å²) in [5, 5.41) is 7.55. The lowest BCUT2D eigenvalue weighted by Crippen LogP contribution is -2.00. The quantitative estimate of drug-likeness (QED) is 0.825. The monoisotopic (exact) mass is 204 g/mol. The number of anilines is 1. The molecule has 0 unspecified atom stereocenters. The second-order valence-electron chi connectivity index (χ2n) is 3.81. The van der Waals surface area contributed by atoms with Crippen molar-refractivity contribution in [2.24, 2.45) is 14.1 Å². The molecule has 0 bridgehead atoms. The van der Waals surface area contributed by atoms with E-state index < -0.39 is 0 Å². The summed E-state index contributed by atoms with van der Waals surface area (Å²) in [6, 6.07) is 2.11. The van der Waals surface area contributed by atoms with E-state index in [-0.39, 0.29) is 0 Å². The number of nitrogens with one attached hydrogen (secondary N) is 1. The Balaban J connectivity index is 2.02. The second kappa shape index (κ2) is 3.81. The first kappa shape index (κ1) is 9.83. The predicted molar refractivity (Wildman–Crippen MR) is 60.7 cm³/mol. The van der Waals surface area contributed by atoms with Crippen molar-refractivity contribution in [3.05, 3.63) is 35.9 Å². The fourth-order valence-corrected chi connectivity index (χ4v) is 1.54. The van der Waals surface area contributed by atoms with Gasteiger partial charge in [-0.3, -0.25) is 4.68 Å². The van der Waals surface area contributed by atoms with E-state index in [4.69, 9.17) is 0 Å². The Morgan fingerprint density at radius 1 is 1.40 bits per heavy atom. The largest absolute Gasteiger partial charge is 0.378 e. The molecule has 0 saturated heterocycles. The van der Waals surface area contributed by atoms with Gasteiger partial charge in [0.25, 0.3) is 0 Å². The zero-order chi connectivity index (χ0) is 10.8. The highest BCUT2D eigenvalue weighted by molar-refractivity contribution is 5.46. The molecule has 0 saturated carbocycles. The van der Waals surface area contributed by atoms with Crippen molar-refractivity contribution in [2.75, 3.05) is 5.32 Å². The summed E-state index contributed by atoms with van der Waals surface area (Å²) in [7, 11) is 3.97. The van der Waals surface area contributed by atoms with E-state index in [9.17, 15) is 0 Å². The first-order valence-corrected chi connectivity index (χ1v) is 5.00. The fourth-order valence-electron chi connectivity index (χ4n) is 1.54. The summed E-state index contributed by atoms with van der Waals surface area (Å²) < 4.78 is 3.92. The van der Waals surface area contributed by atoms with Gasteiger partial charge >= 0.3 is 0 Å². The van der Waals surface area contributed by atoms with E-state index in [1.165, 1.54) is 5.56 Å². The van der Waals surface area contributed by atoms with Gasteiger partial charge in [-0.15, -0.1) is 0 Å². The minimum atomic E-state index is 0.841. The standard InChI is InChI=1S/C11H16N4/c1-9-11(7-13-15(9)3)12-6-10-4-5-14(2)8-10/h4-5,7-8,12H,6H2,1-3H3. The van der Waals surface area contributed by atoms with Gasteiger partial charge in [0.15, 0.2) is 0 Å². The molecule has 4 nitrogen and oxygen atoms in total. The third kappa shape index (κ3) is 2.03. The van der Waals surface area contributed by atoms with Crippen LogP contribution in [-0.4, -0.2) is 14.3 Å². The number of nitrogens with zero attached hydrogens (tertiary/aromatic N) is 3. The minimum absolute atomic E-state index is 0.841. The zero-order valence-electron chi connectivity index (χ0n) is 9.36. The summed E-state index contributed by atoms with van der Waals surface area (Å²) in [6.07, 6.45) is 6.02. The molecule has 80 valence electrons. The van der Waals surface area contributed by atoms with Crippen LogP contribution in [0.1, 0.15) is 11.3 Å². The van der Waals surface area contributed by atoms with Gasteiger partial charge in [0, 0.05) is 33.0 Å². The maximum Gasteiger partial charge on any atom is 0.0758 e. The van der Waals surface area contributed by atoms with Crippen LogP contribution in [0.4, 0.5) is 5.69 Å². The molecule has 0 radical (unpaired) electrons. The lowest BCUT2D eigenvalue weighted by molar-refractivity contribution is 0.740. The third-order valence-corrected chi connectivity index (χ3v) is 2.61. The first-order chi connectivity index (χ1) is 7.16. The van der Waals surface area contributed by atoms with Crippen LogP contribution in [0.25, 0.3) is 0 Å². The molecule has 2 rings (SSSR count). The lowest BCUT2D eigenvalue weighted by Gasteiger charge is -2.03. The van der Waals surface area contributed by atoms with Crippen LogP contribution in [0.5, 0.6) is 0 Å². The number of aromatic nitrogens is 3. The van der Waals surface area contributed by atoms with Crippen molar-refractivity contribution in [1.29, 1.82) is 0 Å². The predicted octanol–water partition coefficient (Wildman–Crippen LogP) is 1.68. The van der Waals surface area contributed by atoms with Gasteiger partial charge < -0.3 is 9.88 Å². The lowest BCUT2D eigenvalue weighted by atomic mass is 10.3. The van der Waals surface area contributed by atoms with Crippen molar-refractivity contribution in [1.82, 2.24) is 14.3 Å². The fraction of sp³-hybridized carbons (Fsp3) is 0.364. The molecule has 0 amide bonds. The molecule has 0 atom stereocenters. The van der Waals surface area contributed by atoms with Gasteiger partial charge in [0.05, 0.1) is 17.6 Å². The van der Waals surface area contributed by atoms with E-state index >= 15 is 0 Å². The molecule has 2 aromatic heterocycles. The van der Waals surface area contributed by atoms with Crippen molar-refractivity contribution >= 4 is 5.69 Å². The summed E-state index contributed by atoms with van der Waals surface area (Å²) in [5.41, 5.74) is 3.54. The van der Waals surface area contributed by atoms with Crippen molar-refractivity contribution in [2.45, 2.75) is 13.5 Å². The highest BCUT2D eigenvalue weighted by Gasteiger charge is 2.02. The summed E-state index contributed by atoms with van der Waals surface area (Å²) >= 11 is 0. The van der Waals surface area contributed by atoms with Gasteiger partial charge in [-0.2, -0.15) is 5.10 Å². The van der Waals surface area contributed by atoms with E-state index in [1.54, 1.807) is 0 Å². The van der Waals surface area contributed by atoms with E-state index in [2.05, 4.69) is 29.6 Å². The van der Waals surface area contributed by atoms with E-state index in [0.717, 1.165) is 17.9 Å². The number of hydrogen-bond acceptors (Lipinski definition) is 2. The maximum atomic E-state index is 4.18. The van der Waals surface area contributed by atoms with Gasteiger partial charge in [0.2, 0.25) is 0 Å². The molecule has 0 spiro atoms. The Bertz CT molecular complexity index is 453. The molecule has 2 heterocycles. The van der Waals surface area contributed by atoms with Gasteiger partial charge in [0.1, 0.15) is 0 Å². The van der Waals surface area contributed by atoms with Gasteiger partial charge in [-0.05, 0) is 18.6 Å². The molecular weight excluding hydrogens is 188 g/mol. The topological polar surface area (TPSA) is 34.8 Å². The summed E-state index contributed by atoms with van der Waals surface area (Å²) in [5.74, 6) is 0. The molecule has 0 aliphatic rings. The zero-order valence-corrected chi connectivity index (χ0v) is 9.36. The number of aryl methyl sites for hydroxylation is 2. The molecular formula is C11H16N4. The molecule has 4 heteroatoms. The van der Waals surface area contributed by atoms with Crippen LogP contribution in [0.2, 0.25) is 0 Å². The smallest absolute Gasteiger partial charge is 0.0758 e. The third-order valence-electron chi connectivity index (χ3n) is 2.61. The summed E-state index contributed by atoms with van der Waals surface area (Å²) in [4.78, 5) is 0. The molecule has 15 heavy (non-hydrogen) atoms. The molecule has 0 aliphatic heterocycles. The Morgan fingerprint density at radius 3 is 2.73 bits per heavy atom. The maximum absolute atomic E-state index is 4.18. The Morgan fingerprint density at radius 2 is 2.20 bits per heavy atom. The van der Waals surface area contributed by atoms with Crippen molar-refractivity contribution in [3.63, 3.8) is 0 Å². The molecule has 2 aromatic rings. The number of rotatable bonds is 3. The van der Waals surface area contributed by atoms with E-state index in [1.807, 2.05) is 35.7 Å². The van der Waals surface area contributed by atoms with Gasteiger partial charge in [-0.1, -0.05) is 0 Å². The second-order valence-corrected chi connectivity index (χ2v) is 3.81. The van der Waals surface area contributed by atoms with Crippen LogP contribution in [0.3, 0.4) is 0 Å². The van der Waals surface area contributed by atoms with Crippen LogP contribution >= 0.6 is 0 Å². The van der Waals surface area contributed by atoms with Crippen LogP contribution < -0.4 is 5.32 Å². The average Bonchev–Trinajstić information content (AvgIpc) is 2.74. The SMILES string of the molecule is Cc1c(NCc2ccn(C)c2)cnn1C. The normalized spacial score (nSPS) is 10.6. The van der Waals surface area contributed by atoms with Crippen LogP contribution in [0, 0.1) is 6.92 Å². The van der Waals surface area contributed by atoms with Crippen LogP contribution in [0.15, 0.2) is 24.7 Å². The molecule has 0 fully saturated rings. The Kier molecular flexibility index (Phi) is 2.49. The van der Waals surface area contributed by atoms with E-state index in [0.29, 0.717) is 0 Å². The Labute approximate surface area is 89.5 Å². The number of hydrogen-bond donors (Lipinski definition) is 1. The molecule has 0 aliphatic carbocycles. The highest BCUT2D eigenvalue weighted by atomic mass is 15.3. The van der Waals surface area contributed by atoms with Crippen LogP contribution in [-0.2, 0) is 20.6 Å². The van der Waals surface area contributed by atoms with Crippen molar-refractivity contribution in [3.8, 4) is 0 Å². The molecule has 1 N–H and O–H groups in total. The summed E-state index contributed by atoms with van der Waals surface area (Å²) in [6.45, 7) is 2.90. The first-order valence-electron chi connectivity index (χ1n) is 5.00.